The van der Waals surface area contributed by atoms with Crippen LogP contribution in [0.15, 0.2) is 133 Å². The number of para-hydroxylation sites is 2. The van der Waals surface area contributed by atoms with Gasteiger partial charge in [-0.15, -0.1) is 0 Å². The summed E-state index contributed by atoms with van der Waals surface area (Å²) in [5.41, 5.74) is 0. The zero-order valence-corrected chi connectivity index (χ0v) is 23.9. The molecular formula is C30H22Cl3O2Sb. The Balaban J connectivity index is 1.96. The summed E-state index contributed by atoms with van der Waals surface area (Å²) in [6.45, 7) is 0. The molecule has 180 valence electrons. The van der Waals surface area contributed by atoms with Crippen molar-refractivity contribution in [2.75, 3.05) is 0 Å². The monoisotopic (exact) mass is 640 g/mol. The molecular weight excluding hydrogens is 620 g/mol. The van der Waals surface area contributed by atoms with Crippen molar-refractivity contribution >= 4 is 63.6 Å². The van der Waals surface area contributed by atoms with Gasteiger partial charge < -0.3 is 0 Å². The molecule has 0 aromatic heterocycles. The van der Waals surface area contributed by atoms with Crippen LogP contribution < -0.4 is 16.6 Å². The average Bonchev–Trinajstić information content (AvgIpc) is 2.91. The van der Waals surface area contributed by atoms with Gasteiger partial charge >= 0.3 is 230 Å². The summed E-state index contributed by atoms with van der Waals surface area (Å²) >= 11 is 13.7. The molecule has 0 saturated carbocycles. The van der Waals surface area contributed by atoms with Crippen LogP contribution in [0.5, 0.6) is 11.5 Å². The second-order valence-electron chi connectivity index (χ2n) is 8.20. The van der Waals surface area contributed by atoms with Crippen molar-refractivity contribution in [1.82, 2.24) is 0 Å². The van der Waals surface area contributed by atoms with Crippen molar-refractivity contribution in [1.29, 1.82) is 0 Å². The Morgan fingerprint density at radius 2 is 0.639 bits per heavy atom. The van der Waals surface area contributed by atoms with Crippen molar-refractivity contribution in [2.24, 2.45) is 0 Å². The molecule has 0 aliphatic rings. The third-order valence-corrected chi connectivity index (χ3v) is 20.5. The third-order valence-electron chi connectivity index (χ3n) is 5.93. The summed E-state index contributed by atoms with van der Waals surface area (Å²) in [5, 5.41) is 1.87. The van der Waals surface area contributed by atoms with Crippen molar-refractivity contribution in [2.45, 2.75) is 0 Å². The standard InChI is InChI=1S/3C6H4Cl.2C6H6O.Sb/c5*7-6-4-2-1-3-5-6;/h3*2-5H;2*1-5,7H;/q;;;;;+2/p-2. The van der Waals surface area contributed by atoms with Crippen LogP contribution in [-0.2, 0) is 0 Å². The number of benzene rings is 5. The van der Waals surface area contributed by atoms with Crippen LogP contribution in [0.4, 0.5) is 0 Å². The first kappa shape index (κ1) is 25.1. The molecule has 0 fully saturated rings. The van der Waals surface area contributed by atoms with Gasteiger partial charge in [0.25, 0.3) is 0 Å². The maximum absolute atomic E-state index is 7.32. The number of rotatable bonds is 7. The van der Waals surface area contributed by atoms with Crippen LogP contribution in [0.3, 0.4) is 0 Å². The van der Waals surface area contributed by atoms with Crippen molar-refractivity contribution in [3.8, 4) is 11.5 Å². The van der Waals surface area contributed by atoms with Crippen LogP contribution in [0, 0.1) is 0 Å². The first-order valence-corrected chi connectivity index (χ1v) is 18.3. The van der Waals surface area contributed by atoms with E-state index in [1.807, 2.05) is 133 Å². The van der Waals surface area contributed by atoms with Gasteiger partial charge in [-0.1, -0.05) is 0 Å². The Hall–Kier alpha value is -2.61. The van der Waals surface area contributed by atoms with Gasteiger partial charge in [-0.2, -0.15) is 0 Å². The van der Waals surface area contributed by atoms with E-state index in [0.717, 1.165) is 10.5 Å². The molecule has 0 radical (unpaired) electrons. The van der Waals surface area contributed by atoms with Gasteiger partial charge in [0, 0.05) is 0 Å². The maximum atomic E-state index is 7.32. The first-order valence-electron chi connectivity index (χ1n) is 11.3. The summed E-state index contributed by atoms with van der Waals surface area (Å²) in [6.07, 6.45) is 0. The molecule has 0 amide bonds. The van der Waals surface area contributed by atoms with Gasteiger partial charge in [0.15, 0.2) is 0 Å². The molecule has 0 aliphatic carbocycles. The fourth-order valence-electron chi connectivity index (χ4n) is 4.28. The second kappa shape index (κ2) is 10.4. The second-order valence-corrected chi connectivity index (χ2v) is 20.4. The van der Waals surface area contributed by atoms with Crippen molar-refractivity contribution in [3.05, 3.63) is 149 Å². The Morgan fingerprint density at radius 3 is 0.917 bits per heavy atom. The molecule has 0 atom stereocenters. The first-order chi connectivity index (χ1) is 17.5. The Bertz CT molecular complexity index is 1280. The summed E-state index contributed by atoms with van der Waals surface area (Å²) in [7, 11) is 0. The van der Waals surface area contributed by atoms with Gasteiger partial charge in [0.1, 0.15) is 0 Å². The number of halogens is 3. The van der Waals surface area contributed by atoms with E-state index in [-0.39, 0.29) is 0 Å². The Labute approximate surface area is 228 Å². The quantitative estimate of drug-likeness (QED) is 0.175. The van der Waals surface area contributed by atoms with Crippen LogP contribution in [0.1, 0.15) is 0 Å². The van der Waals surface area contributed by atoms with Crippen LogP contribution in [0.25, 0.3) is 0 Å². The van der Waals surface area contributed by atoms with Gasteiger partial charge in [0.05, 0.1) is 0 Å². The fourth-order valence-corrected chi connectivity index (χ4v) is 18.0. The van der Waals surface area contributed by atoms with Crippen molar-refractivity contribution < 1.29 is 6.03 Å². The third kappa shape index (κ3) is 4.60. The molecule has 2 nitrogen and oxygen atoms in total. The molecule has 0 aliphatic heterocycles. The fraction of sp³-hybridized carbons (Fsp3) is 0. The molecule has 0 heterocycles. The molecule has 5 aromatic carbocycles. The summed E-state index contributed by atoms with van der Waals surface area (Å²) in [4.78, 5) is 0. The topological polar surface area (TPSA) is 18.5 Å². The molecule has 5 aromatic rings. The van der Waals surface area contributed by atoms with E-state index in [4.69, 9.17) is 40.8 Å². The van der Waals surface area contributed by atoms with E-state index in [9.17, 15) is 0 Å². The molecule has 0 bridgehead atoms. The SMILES string of the molecule is Clc1cc[c]([Sb]([O]c2ccccc2)([O]c2ccccc2)([c]2ccc(Cl)cc2)[c]2ccc(Cl)cc2)cc1. The zero-order valence-electron chi connectivity index (χ0n) is 19.1. The van der Waals surface area contributed by atoms with Gasteiger partial charge in [-0.25, -0.2) is 0 Å². The number of hydrogen-bond acceptors (Lipinski definition) is 2. The van der Waals surface area contributed by atoms with E-state index in [1.54, 1.807) is 0 Å². The Kier molecular flexibility index (Phi) is 7.24. The van der Waals surface area contributed by atoms with Gasteiger partial charge in [0.2, 0.25) is 0 Å². The molecule has 0 N–H and O–H groups in total. The van der Waals surface area contributed by atoms with Crippen LogP contribution in [-0.4, -0.2) is 18.2 Å². The minimum atomic E-state index is -5.42. The number of hydrogen-bond donors (Lipinski definition) is 0. The molecule has 0 unspecified atom stereocenters. The van der Waals surface area contributed by atoms with E-state index >= 15 is 0 Å². The predicted molar refractivity (Wildman–Crippen MR) is 153 cm³/mol. The molecule has 6 heteroatoms. The van der Waals surface area contributed by atoms with Crippen molar-refractivity contribution in [3.63, 3.8) is 0 Å². The van der Waals surface area contributed by atoms with Crippen LogP contribution >= 0.6 is 34.8 Å². The normalized spacial score (nSPS) is 12.4. The van der Waals surface area contributed by atoms with E-state index in [2.05, 4.69) is 0 Å². The van der Waals surface area contributed by atoms with Gasteiger partial charge in [-0.3, -0.25) is 0 Å². The summed E-state index contributed by atoms with van der Waals surface area (Å²) in [6, 6.07) is 42.7. The molecule has 5 rings (SSSR count). The molecule has 0 spiro atoms. The molecule has 36 heavy (non-hydrogen) atoms. The summed E-state index contributed by atoms with van der Waals surface area (Å²) in [5.74, 6) is 1.38. The molecule has 0 saturated heterocycles. The van der Waals surface area contributed by atoms with Gasteiger partial charge in [-0.05, 0) is 0 Å². The summed E-state index contributed by atoms with van der Waals surface area (Å²) < 4.78 is 17.4. The zero-order chi connectivity index (χ0) is 25.0. The van der Waals surface area contributed by atoms with E-state index < -0.39 is 18.2 Å². The Morgan fingerprint density at radius 1 is 0.361 bits per heavy atom. The van der Waals surface area contributed by atoms with Crippen LogP contribution in [0.2, 0.25) is 15.1 Å². The minimum absolute atomic E-state index is 0.624. The average molecular weight is 643 g/mol. The predicted octanol–water partition coefficient (Wildman–Crippen LogP) is 7.22. The van der Waals surface area contributed by atoms with E-state index in [0.29, 0.717) is 26.6 Å². The van der Waals surface area contributed by atoms with E-state index in [1.165, 1.54) is 0 Å².